The number of aliphatic carboxylic acids is 1. The predicted octanol–water partition coefficient (Wildman–Crippen LogP) is 2.30. The summed E-state index contributed by atoms with van der Waals surface area (Å²) in [5.74, 6) is -1.80. The lowest BCUT2D eigenvalue weighted by Crippen LogP contribution is -2.40. The van der Waals surface area contributed by atoms with Crippen LogP contribution in [0.4, 0.5) is 0 Å². The van der Waals surface area contributed by atoms with E-state index in [2.05, 4.69) is 4.98 Å². The van der Waals surface area contributed by atoms with Gasteiger partial charge in [-0.15, -0.1) is 11.3 Å². The van der Waals surface area contributed by atoms with Crippen LogP contribution in [-0.4, -0.2) is 33.9 Å². The van der Waals surface area contributed by atoms with Crippen LogP contribution in [0, 0.1) is 18.8 Å². The molecule has 1 saturated carbocycles. The van der Waals surface area contributed by atoms with E-state index in [9.17, 15) is 14.7 Å². The van der Waals surface area contributed by atoms with Crippen molar-refractivity contribution in [3.8, 4) is 0 Å². The van der Waals surface area contributed by atoms with Gasteiger partial charge in [0.15, 0.2) is 0 Å². The summed E-state index contributed by atoms with van der Waals surface area (Å²) in [7, 11) is 1.74. The Bertz CT molecular complexity index is 500. The number of nitrogens with zero attached hydrogens (tertiary/aromatic N) is 2. The second-order valence-corrected chi connectivity index (χ2v) is 6.69. The van der Waals surface area contributed by atoms with Crippen LogP contribution < -0.4 is 0 Å². The number of thiazole rings is 1. The molecule has 2 unspecified atom stereocenters. The van der Waals surface area contributed by atoms with Crippen molar-refractivity contribution in [1.29, 1.82) is 0 Å². The van der Waals surface area contributed by atoms with Gasteiger partial charge in [-0.3, -0.25) is 9.59 Å². The van der Waals surface area contributed by atoms with Crippen LogP contribution in [0.25, 0.3) is 0 Å². The number of rotatable bonds is 4. The summed E-state index contributed by atoms with van der Waals surface area (Å²) in [6.45, 7) is 2.44. The zero-order valence-corrected chi connectivity index (χ0v) is 12.7. The summed E-state index contributed by atoms with van der Waals surface area (Å²) in [6.07, 6.45) is 4.91. The highest BCUT2D eigenvalue weighted by atomic mass is 32.1. The van der Waals surface area contributed by atoms with E-state index in [0.29, 0.717) is 19.4 Å². The maximum absolute atomic E-state index is 12.5. The molecule has 0 aliphatic heterocycles. The zero-order valence-electron chi connectivity index (χ0n) is 11.8. The van der Waals surface area contributed by atoms with Gasteiger partial charge in [0.1, 0.15) is 0 Å². The van der Waals surface area contributed by atoms with Crippen LogP contribution in [0.2, 0.25) is 0 Å². The molecule has 20 heavy (non-hydrogen) atoms. The summed E-state index contributed by atoms with van der Waals surface area (Å²) >= 11 is 1.57. The topological polar surface area (TPSA) is 70.5 Å². The Labute approximate surface area is 122 Å². The first kappa shape index (κ1) is 15.0. The van der Waals surface area contributed by atoms with Gasteiger partial charge in [0.25, 0.3) is 0 Å². The van der Waals surface area contributed by atoms with Crippen LogP contribution in [-0.2, 0) is 16.1 Å². The number of hydrogen-bond donors (Lipinski definition) is 1. The minimum Gasteiger partial charge on any atom is -0.481 e. The summed E-state index contributed by atoms with van der Waals surface area (Å²) in [5, 5.41) is 10.2. The van der Waals surface area contributed by atoms with Crippen LogP contribution in [0.15, 0.2) is 6.20 Å². The Balaban J connectivity index is 2.02. The quantitative estimate of drug-likeness (QED) is 0.925. The first-order chi connectivity index (χ1) is 9.49. The third-order valence-corrected chi connectivity index (χ3v) is 4.74. The normalized spacial score (nSPS) is 22.5. The Kier molecular flexibility index (Phi) is 4.75. The smallest absolute Gasteiger partial charge is 0.307 e. The second kappa shape index (κ2) is 6.35. The van der Waals surface area contributed by atoms with Crippen molar-refractivity contribution in [3.05, 3.63) is 16.1 Å². The Morgan fingerprint density at radius 1 is 1.40 bits per heavy atom. The SMILES string of the molecule is Cc1ncc(CN(C)C(=O)C2CCCCC2C(=O)O)s1. The third-order valence-electron chi connectivity index (χ3n) is 3.84. The standard InChI is InChI=1S/C14H20N2O3S/c1-9-15-7-10(20-9)8-16(2)13(17)11-5-3-4-6-12(11)14(18)19/h7,11-12H,3-6,8H2,1-2H3,(H,18,19). The van der Waals surface area contributed by atoms with Crippen molar-refractivity contribution in [2.24, 2.45) is 11.8 Å². The van der Waals surface area contributed by atoms with Gasteiger partial charge in [0, 0.05) is 18.1 Å². The van der Waals surface area contributed by atoms with Crippen LogP contribution in [0.1, 0.15) is 35.6 Å². The van der Waals surface area contributed by atoms with E-state index < -0.39 is 11.9 Å². The van der Waals surface area contributed by atoms with E-state index in [4.69, 9.17) is 0 Å². The molecule has 1 fully saturated rings. The minimum absolute atomic E-state index is 0.0526. The lowest BCUT2D eigenvalue weighted by molar-refractivity contribution is -0.152. The minimum atomic E-state index is -0.843. The molecule has 1 aliphatic carbocycles. The van der Waals surface area contributed by atoms with Gasteiger partial charge >= 0.3 is 5.97 Å². The lowest BCUT2D eigenvalue weighted by atomic mass is 9.78. The van der Waals surface area contributed by atoms with Crippen molar-refractivity contribution in [3.63, 3.8) is 0 Å². The molecule has 1 aromatic rings. The van der Waals surface area contributed by atoms with E-state index in [1.807, 2.05) is 6.92 Å². The van der Waals surface area contributed by atoms with Gasteiger partial charge in [0.05, 0.1) is 23.4 Å². The molecule has 1 aromatic heterocycles. The summed E-state index contributed by atoms with van der Waals surface area (Å²) < 4.78 is 0. The molecule has 5 nitrogen and oxygen atoms in total. The molecule has 1 amide bonds. The zero-order chi connectivity index (χ0) is 14.7. The fraction of sp³-hybridized carbons (Fsp3) is 0.643. The molecule has 110 valence electrons. The van der Waals surface area contributed by atoms with Gasteiger partial charge in [-0.2, -0.15) is 0 Å². The Morgan fingerprint density at radius 2 is 2.05 bits per heavy atom. The summed E-state index contributed by atoms with van der Waals surface area (Å²) in [5.41, 5.74) is 0. The molecular formula is C14H20N2O3S. The van der Waals surface area contributed by atoms with Crippen molar-refractivity contribution in [2.75, 3.05) is 7.05 Å². The van der Waals surface area contributed by atoms with Crippen molar-refractivity contribution in [1.82, 2.24) is 9.88 Å². The van der Waals surface area contributed by atoms with Crippen LogP contribution >= 0.6 is 11.3 Å². The first-order valence-corrected chi connectivity index (χ1v) is 7.69. The van der Waals surface area contributed by atoms with E-state index in [-0.39, 0.29) is 11.8 Å². The van der Waals surface area contributed by atoms with Gasteiger partial charge in [-0.25, -0.2) is 4.98 Å². The van der Waals surface area contributed by atoms with Gasteiger partial charge in [-0.1, -0.05) is 12.8 Å². The maximum atomic E-state index is 12.5. The number of aryl methyl sites for hydroxylation is 1. The molecule has 0 saturated heterocycles. The van der Waals surface area contributed by atoms with Crippen LogP contribution in [0.5, 0.6) is 0 Å². The number of carboxylic acids is 1. The van der Waals surface area contributed by atoms with Crippen molar-refractivity contribution in [2.45, 2.75) is 39.2 Å². The molecule has 1 heterocycles. The average Bonchev–Trinajstić information content (AvgIpc) is 2.83. The number of aromatic nitrogens is 1. The van der Waals surface area contributed by atoms with E-state index in [1.54, 1.807) is 29.5 Å². The van der Waals surface area contributed by atoms with Crippen molar-refractivity contribution >= 4 is 23.2 Å². The third kappa shape index (κ3) is 3.36. The molecule has 1 aliphatic rings. The Morgan fingerprint density at radius 3 is 2.60 bits per heavy atom. The largest absolute Gasteiger partial charge is 0.481 e. The monoisotopic (exact) mass is 296 g/mol. The maximum Gasteiger partial charge on any atom is 0.307 e. The molecular weight excluding hydrogens is 276 g/mol. The number of carbonyl (C=O) groups excluding carboxylic acids is 1. The van der Waals surface area contributed by atoms with E-state index in [0.717, 1.165) is 22.7 Å². The van der Waals surface area contributed by atoms with Gasteiger partial charge in [-0.05, 0) is 19.8 Å². The average molecular weight is 296 g/mol. The lowest BCUT2D eigenvalue weighted by Gasteiger charge is -2.30. The number of hydrogen-bond acceptors (Lipinski definition) is 4. The van der Waals surface area contributed by atoms with E-state index >= 15 is 0 Å². The fourth-order valence-electron chi connectivity index (χ4n) is 2.80. The van der Waals surface area contributed by atoms with E-state index in [1.165, 1.54) is 0 Å². The van der Waals surface area contributed by atoms with Gasteiger partial charge in [0.2, 0.25) is 5.91 Å². The second-order valence-electron chi connectivity index (χ2n) is 5.38. The summed E-state index contributed by atoms with van der Waals surface area (Å²) in [6, 6.07) is 0. The summed E-state index contributed by atoms with van der Waals surface area (Å²) in [4.78, 5) is 30.6. The molecule has 0 spiro atoms. The highest BCUT2D eigenvalue weighted by molar-refractivity contribution is 7.11. The molecule has 6 heteroatoms. The molecule has 2 rings (SSSR count). The highest BCUT2D eigenvalue weighted by Crippen LogP contribution is 2.32. The molecule has 2 atom stereocenters. The number of carboxylic acid groups (broad SMARTS) is 1. The fourth-order valence-corrected chi connectivity index (χ4v) is 3.64. The molecule has 1 N–H and O–H groups in total. The molecule has 0 bridgehead atoms. The van der Waals surface area contributed by atoms with Crippen LogP contribution in [0.3, 0.4) is 0 Å². The highest BCUT2D eigenvalue weighted by Gasteiger charge is 2.37. The number of carbonyl (C=O) groups is 2. The first-order valence-electron chi connectivity index (χ1n) is 6.88. The molecule has 0 aromatic carbocycles. The molecule has 0 radical (unpaired) electrons. The number of amides is 1. The predicted molar refractivity (Wildman–Crippen MR) is 76.4 cm³/mol. The van der Waals surface area contributed by atoms with Crippen molar-refractivity contribution < 1.29 is 14.7 Å². The van der Waals surface area contributed by atoms with Gasteiger partial charge < -0.3 is 10.0 Å². The Hall–Kier alpha value is -1.43.